The Balaban J connectivity index is 1.16. The van der Waals surface area contributed by atoms with E-state index in [2.05, 4.69) is 46.7 Å². The van der Waals surface area contributed by atoms with Crippen LogP contribution in [0.4, 0.5) is 0 Å². The van der Waals surface area contributed by atoms with Gasteiger partial charge in [0.1, 0.15) is 6.10 Å². The van der Waals surface area contributed by atoms with E-state index >= 15 is 0 Å². The molecule has 0 amide bonds. The average Bonchev–Trinajstić information content (AvgIpc) is 4.04. The molecule has 0 aromatic carbocycles. The number of esters is 1. The van der Waals surface area contributed by atoms with Gasteiger partial charge >= 0.3 is 5.97 Å². The van der Waals surface area contributed by atoms with Crippen molar-refractivity contribution in [3.8, 4) is 0 Å². The summed E-state index contributed by atoms with van der Waals surface area (Å²) >= 11 is 0. The maximum absolute atomic E-state index is 12.7. The van der Waals surface area contributed by atoms with Crippen molar-refractivity contribution >= 4 is 5.97 Å². The lowest BCUT2D eigenvalue weighted by Crippen LogP contribution is -2.20. The van der Waals surface area contributed by atoms with E-state index in [1.54, 1.807) is 19.3 Å². The zero-order valence-electron chi connectivity index (χ0n) is 35.6. The van der Waals surface area contributed by atoms with E-state index < -0.39 is 0 Å². The maximum Gasteiger partial charge on any atom is 0.306 e. The fourth-order valence-electron chi connectivity index (χ4n) is 9.63. The third-order valence-corrected chi connectivity index (χ3v) is 13.9. The number of rotatable bonds is 36. The van der Waals surface area contributed by atoms with Crippen LogP contribution in [0.25, 0.3) is 0 Å². The van der Waals surface area contributed by atoms with Gasteiger partial charge in [0.05, 0.1) is 0 Å². The Bertz CT molecular complexity index is 856. The van der Waals surface area contributed by atoms with E-state index in [-0.39, 0.29) is 12.1 Å². The largest absolute Gasteiger partial charge is 0.462 e. The molecular weight excluding hydrogens is 623 g/mol. The zero-order valence-corrected chi connectivity index (χ0v) is 35.6. The van der Waals surface area contributed by atoms with E-state index in [9.17, 15) is 4.79 Å². The van der Waals surface area contributed by atoms with Crippen LogP contribution in [0.3, 0.4) is 0 Å². The lowest BCUT2D eigenvalue weighted by atomic mass is 9.86. The second-order valence-corrected chi connectivity index (χ2v) is 19.1. The second-order valence-electron chi connectivity index (χ2n) is 19.1. The molecule has 0 aliphatic heterocycles. The second kappa shape index (κ2) is 27.1. The van der Waals surface area contributed by atoms with Crippen LogP contribution in [0.2, 0.25) is 0 Å². The molecule has 0 N–H and O–H groups in total. The first-order valence-corrected chi connectivity index (χ1v) is 23.6. The summed E-state index contributed by atoms with van der Waals surface area (Å²) in [5.41, 5.74) is 0. The number of unbranched alkanes of at least 4 members (excludes halogenated alkanes) is 14. The number of carbonyl (C=O) groups excluding carboxylic acids is 1. The first-order valence-electron chi connectivity index (χ1n) is 23.6. The number of hydrogen-bond acceptors (Lipinski definition) is 3. The van der Waals surface area contributed by atoms with Crippen molar-refractivity contribution in [3.63, 3.8) is 0 Å². The lowest BCUT2D eigenvalue weighted by molar-refractivity contribution is -0.150. The van der Waals surface area contributed by atoms with Crippen LogP contribution in [0, 0.1) is 47.3 Å². The van der Waals surface area contributed by atoms with E-state index in [1.165, 1.54) is 154 Å². The molecule has 51 heavy (non-hydrogen) atoms. The molecule has 0 spiro atoms. The predicted octanol–water partition coefficient (Wildman–Crippen LogP) is 14.6. The quantitative estimate of drug-likeness (QED) is 0.0478. The van der Waals surface area contributed by atoms with Crippen LogP contribution in [-0.4, -0.2) is 37.6 Å². The molecule has 3 aliphatic carbocycles. The van der Waals surface area contributed by atoms with E-state index in [4.69, 9.17) is 4.74 Å². The highest BCUT2D eigenvalue weighted by molar-refractivity contribution is 5.69. The monoisotopic (exact) mass is 714 g/mol. The number of hydrogen-bond donors (Lipinski definition) is 0. The molecule has 0 saturated heterocycles. The Labute approximate surface area is 320 Å². The Morgan fingerprint density at radius 1 is 0.549 bits per heavy atom. The van der Waals surface area contributed by atoms with Gasteiger partial charge in [-0.2, -0.15) is 0 Å². The Kier molecular flexibility index (Phi) is 23.8. The van der Waals surface area contributed by atoms with Gasteiger partial charge in [0.2, 0.25) is 0 Å². The van der Waals surface area contributed by atoms with Gasteiger partial charge in [0, 0.05) is 6.42 Å². The van der Waals surface area contributed by atoms with E-state index in [0.29, 0.717) is 6.42 Å². The van der Waals surface area contributed by atoms with Crippen molar-refractivity contribution < 1.29 is 9.53 Å². The molecule has 3 nitrogen and oxygen atoms in total. The molecule has 3 heteroatoms. The number of nitrogens with zero attached hydrogens (tertiary/aromatic N) is 1. The average molecular weight is 714 g/mol. The zero-order chi connectivity index (χ0) is 36.7. The highest BCUT2D eigenvalue weighted by Gasteiger charge is 2.44. The van der Waals surface area contributed by atoms with Gasteiger partial charge in [-0.15, -0.1) is 0 Å². The first-order chi connectivity index (χ1) is 24.8. The fourth-order valence-corrected chi connectivity index (χ4v) is 9.63. The summed E-state index contributed by atoms with van der Waals surface area (Å²) in [7, 11) is 4.16. The highest BCUT2D eigenvalue weighted by Crippen LogP contribution is 2.54. The molecule has 3 fully saturated rings. The summed E-state index contributed by atoms with van der Waals surface area (Å²) in [6, 6.07) is 0. The summed E-state index contributed by atoms with van der Waals surface area (Å²) in [5, 5.41) is 0. The molecule has 9 atom stereocenters. The molecule has 3 saturated carbocycles. The van der Waals surface area contributed by atoms with Crippen LogP contribution in [0.5, 0.6) is 0 Å². The third-order valence-electron chi connectivity index (χ3n) is 13.9. The lowest BCUT2D eigenvalue weighted by Gasteiger charge is -2.20. The minimum atomic E-state index is 0.0333. The van der Waals surface area contributed by atoms with Gasteiger partial charge in [-0.1, -0.05) is 156 Å². The van der Waals surface area contributed by atoms with Crippen molar-refractivity contribution in [1.82, 2.24) is 4.90 Å². The van der Waals surface area contributed by atoms with Crippen molar-refractivity contribution in [2.45, 2.75) is 233 Å². The highest BCUT2D eigenvalue weighted by atomic mass is 16.5. The van der Waals surface area contributed by atoms with Crippen molar-refractivity contribution in [2.24, 2.45) is 47.3 Å². The molecule has 0 aromatic rings. The summed E-state index contributed by atoms with van der Waals surface area (Å²) < 4.78 is 6.08. The molecule has 9 unspecified atom stereocenters. The molecule has 300 valence electrons. The van der Waals surface area contributed by atoms with Gasteiger partial charge in [-0.05, 0) is 132 Å². The Morgan fingerprint density at radius 2 is 1.00 bits per heavy atom. The third kappa shape index (κ3) is 21.8. The minimum absolute atomic E-state index is 0.0333. The number of ether oxygens (including phenoxy) is 1. The summed E-state index contributed by atoms with van der Waals surface area (Å²) in [6.45, 7) is 10.7. The van der Waals surface area contributed by atoms with Crippen LogP contribution >= 0.6 is 0 Å². The van der Waals surface area contributed by atoms with Crippen LogP contribution in [0.1, 0.15) is 227 Å². The van der Waals surface area contributed by atoms with Gasteiger partial charge in [0.25, 0.3) is 0 Å². The molecule has 0 heterocycles. The smallest absolute Gasteiger partial charge is 0.306 e. The van der Waals surface area contributed by atoms with E-state index in [0.717, 1.165) is 73.2 Å². The Morgan fingerprint density at radius 3 is 1.53 bits per heavy atom. The first kappa shape index (κ1) is 44.8. The van der Waals surface area contributed by atoms with Gasteiger partial charge < -0.3 is 9.64 Å². The molecule has 0 bridgehead atoms. The minimum Gasteiger partial charge on any atom is -0.462 e. The van der Waals surface area contributed by atoms with E-state index in [1.807, 2.05) is 0 Å². The molecule has 0 radical (unpaired) electrons. The molecular formula is C48H91NO2. The van der Waals surface area contributed by atoms with Crippen LogP contribution < -0.4 is 0 Å². The summed E-state index contributed by atoms with van der Waals surface area (Å²) in [5.74, 6) is 8.35. The van der Waals surface area contributed by atoms with Gasteiger partial charge in [-0.25, -0.2) is 0 Å². The number of carbonyl (C=O) groups is 1. The van der Waals surface area contributed by atoms with Gasteiger partial charge in [0.15, 0.2) is 0 Å². The molecule has 3 rings (SSSR count). The summed E-state index contributed by atoms with van der Waals surface area (Å²) in [4.78, 5) is 14.8. The normalized spacial score (nSPS) is 25.5. The summed E-state index contributed by atoms with van der Waals surface area (Å²) in [6.07, 6.45) is 42.1. The maximum atomic E-state index is 12.7. The standard InChI is InChI=1S/C48H91NO2/c1-7-9-19-27-41-35-44(41)34-40(4)39(3)26-21-15-11-13-17-23-30-47(51-48(50)32-25-33-49(5)6)31-24-18-14-12-16-22-29-43-37-46(43)38-45-36-42(45)28-20-10-8-2/h39-47H,7-38H2,1-6H3. The van der Waals surface area contributed by atoms with Gasteiger partial charge in [-0.3, -0.25) is 4.79 Å². The van der Waals surface area contributed by atoms with Crippen molar-refractivity contribution in [1.29, 1.82) is 0 Å². The van der Waals surface area contributed by atoms with Crippen LogP contribution in [0.15, 0.2) is 0 Å². The van der Waals surface area contributed by atoms with Crippen molar-refractivity contribution in [3.05, 3.63) is 0 Å². The predicted molar refractivity (Wildman–Crippen MR) is 222 cm³/mol. The molecule has 3 aliphatic rings. The molecule has 0 aromatic heterocycles. The van der Waals surface area contributed by atoms with Crippen molar-refractivity contribution in [2.75, 3.05) is 20.6 Å². The fraction of sp³-hybridized carbons (Fsp3) is 0.979. The topological polar surface area (TPSA) is 29.5 Å². The SMILES string of the molecule is CCCCCC1CC1CC(C)C(C)CCCCCCCCC(CCCCCCCCC1CC1CC1CC1CCCCC)OC(=O)CCCN(C)C. The Hall–Kier alpha value is -0.570. The van der Waals surface area contributed by atoms with Crippen LogP contribution in [-0.2, 0) is 9.53 Å².